The number of hydrogen-bond donors (Lipinski definition) is 0. The lowest BCUT2D eigenvalue weighted by Crippen LogP contribution is -1.99. The fraction of sp³-hybridized carbons (Fsp3) is 0.0333. The molecule has 0 atom stereocenters. The molecule has 0 radical (unpaired) electrons. The minimum atomic E-state index is 0.972. The summed E-state index contributed by atoms with van der Waals surface area (Å²) in [6.07, 6.45) is 0. The summed E-state index contributed by atoms with van der Waals surface area (Å²) in [5.74, 6) is 0. The zero-order valence-corrected chi connectivity index (χ0v) is 17.9. The largest absolute Gasteiger partial charge is 0.232 e. The molecule has 0 saturated heterocycles. The number of rotatable bonds is 3. The highest BCUT2D eigenvalue weighted by molar-refractivity contribution is 5.89. The van der Waals surface area contributed by atoms with Crippen LogP contribution in [0, 0.1) is 6.92 Å². The van der Waals surface area contributed by atoms with Gasteiger partial charge in [0.25, 0.3) is 0 Å². The third-order valence-corrected chi connectivity index (χ3v) is 6.08. The predicted molar refractivity (Wildman–Crippen MR) is 134 cm³/mol. The van der Waals surface area contributed by atoms with Gasteiger partial charge in [-0.2, -0.15) is 5.10 Å². The van der Waals surface area contributed by atoms with Crippen LogP contribution in [0.15, 0.2) is 115 Å². The lowest BCUT2D eigenvalue weighted by atomic mass is 10.0. The Kier molecular flexibility index (Phi) is 4.36. The normalized spacial score (nSPS) is 11.3. The molecule has 0 saturated carbocycles. The number of fused-ring (bicyclic) bond motifs is 2. The Morgan fingerprint density at radius 1 is 0.531 bits per heavy atom. The van der Waals surface area contributed by atoms with Crippen molar-refractivity contribution in [2.75, 3.05) is 0 Å². The average molecular weight is 411 g/mol. The van der Waals surface area contributed by atoms with E-state index in [2.05, 4.69) is 127 Å². The van der Waals surface area contributed by atoms with E-state index in [0.29, 0.717) is 0 Å². The first kappa shape index (κ1) is 18.6. The standard InChI is InChI=1S/C30H22N2/c1-21-10-16-28(17-11-21)32-30(27-15-13-23-7-3-5-9-25(23)19-27)20-29(31-32)26-14-12-22-6-2-4-8-24(22)18-26/h2-20H,1H3. The van der Waals surface area contributed by atoms with Crippen LogP contribution in [0.25, 0.3) is 49.7 Å². The predicted octanol–water partition coefficient (Wildman–Crippen LogP) is 7.82. The molecule has 6 aromatic rings. The van der Waals surface area contributed by atoms with Crippen molar-refractivity contribution >= 4 is 21.5 Å². The van der Waals surface area contributed by atoms with Gasteiger partial charge in [0, 0.05) is 11.1 Å². The van der Waals surface area contributed by atoms with Crippen molar-refractivity contribution in [2.45, 2.75) is 6.92 Å². The van der Waals surface area contributed by atoms with Gasteiger partial charge in [-0.3, -0.25) is 0 Å². The van der Waals surface area contributed by atoms with E-state index in [1.807, 2.05) is 0 Å². The van der Waals surface area contributed by atoms with Crippen molar-refractivity contribution in [3.05, 3.63) is 121 Å². The Hall–Kier alpha value is -4.17. The van der Waals surface area contributed by atoms with Crippen LogP contribution in [0.2, 0.25) is 0 Å². The maximum Gasteiger partial charge on any atom is 0.0934 e. The maximum absolute atomic E-state index is 5.06. The molecule has 0 N–H and O–H groups in total. The molecule has 0 aliphatic heterocycles. The van der Waals surface area contributed by atoms with Crippen LogP contribution in [0.3, 0.4) is 0 Å². The zero-order chi connectivity index (χ0) is 21.5. The van der Waals surface area contributed by atoms with Crippen molar-refractivity contribution < 1.29 is 0 Å². The van der Waals surface area contributed by atoms with Crippen LogP contribution in [0.1, 0.15) is 5.56 Å². The average Bonchev–Trinajstić information content (AvgIpc) is 3.29. The Morgan fingerprint density at radius 2 is 1.09 bits per heavy atom. The van der Waals surface area contributed by atoms with Crippen LogP contribution >= 0.6 is 0 Å². The van der Waals surface area contributed by atoms with Gasteiger partial charge in [0.15, 0.2) is 0 Å². The minimum absolute atomic E-state index is 0.972. The van der Waals surface area contributed by atoms with E-state index in [-0.39, 0.29) is 0 Å². The van der Waals surface area contributed by atoms with Crippen molar-refractivity contribution in [1.82, 2.24) is 9.78 Å². The molecule has 2 heteroatoms. The van der Waals surface area contributed by atoms with Gasteiger partial charge in [0.1, 0.15) is 0 Å². The van der Waals surface area contributed by atoms with Crippen molar-refractivity contribution in [3.8, 4) is 28.2 Å². The van der Waals surface area contributed by atoms with E-state index in [0.717, 1.165) is 28.2 Å². The van der Waals surface area contributed by atoms with Gasteiger partial charge in [-0.05, 0) is 58.8 Å². The van der Waals surface area contributed by atoms with Crippen LogP contribution in [-0.2, 0) is 0 Å². The molecule has 2 nitrogen and oxygen atoms in total. The van der Waals surface area contributed by atoms with E-state index in [1.165, 1.54) is 27.1 Å². The molecule has 152 valence electrons. The summed E-state index contributed by atoms with van der Waals surface area (Å²) in [7, 11) is 0. The van der Waals surface area contributed by atoms with E-state index < -0.39 is 0 Å². The summed E-state index contributed by atoms with van der Waals surface area (Å²) < 4.78 is 2.06. The lowest BCUT2D eigenvalue weighted by Gasteiger charge is -2.09. The van der Waals surface area contributed by atoms with Gasteiger partial charge in [0.2, 0.25) is 0 Å². The lowest BCUT2D eigenvalue weighted by molar-refractivity contribution is 0.891. The van der Waals surface area contributed by atoms with E-state index in [9.17, 15) is 0 Å². The van der Waals surface area contributed by atoms with Crippen molar-refractivity contribution in [1.29, 1.82) is 0 Å². The molecule has 1 aromatic heterocycles. The molecule has 0 aliphatic carbocycles. The van der Waals surface area contributed by atoms with Crippen LogP contribution in [0.4, 0.5) is 0 Å². The SMILES string of the molecule is Cc1ccc(-n2nc(-c3ccc4ccccc4c3)cc2-c2ccc3ccccc3c2)cc1. The number of aromatic nitrogens is 2. The molecule has 0 fully saturated rings. The highest BCUT2D eigenvalue weighted by atomic mass is 15.3. The maximum atomic E-state index is 5.06. The van der Waals surface area contributed by atoms with Gasteiger partial charge in [0.05, 0.1) is 17.1 Å². The fourth-order valence-electron chi connectivity index (χ4n) is 4.31. The Labute approximate surface area is 187 Å². The highest BCUT2D eigenvalue weighted by Gasteiger charge is 2.14. The minimum Gasteiger partial charge on any atom is -0.232 e. The molecule has 0 aliphatic rings. The number of nitrogens with zero attached hydrogens (tertiary/aromatic N) is 2. The Morgan fingerprint density at radius 3 is 1.75 bits per heavy atom. The van der Waals surface area contributed by atoms with Crippen molar-refractivity contribution in [2.24, 2.45) is 0 Å². The van der Waals surface area contributed by atoms with Gasteiger partial charge in [-0.15, -0.1) is 0 Å². The molecule has 0 bridgehead atoms. The topological polar surface area (TPSA) is 17.8 Å². The molecule has 0 unspecified atom stereocenters. The van der Waals surface area contributed by atoms with Crippen molar-refractivity contribution in [3.63, 3.8) is 0 Å². The molecule has 0 amide bonds. The number of benzene rings is 5. The summed E-state index contributed by atoms with van der Waals surface area (Å²) in [5.41, 5.74) is 6.64. The second kappa shape index (κ2) is 7.51. The van der Waals surface area contributed by atoms with E-state index >= 15 is 0 Å². The van der Waals surface area contributed by atoms with Gasteiger partial charge < -0.3 is 0 Å². The second-order valence-corrected chi connectivity index (χ2v) is 8.29. The zero-order valence-electron chi connectivity index (χ0n) is 17.9. The number of aryl methyl sites for hydroxylation is 1. The molecule has 32 heavy (non-hydrogen) atoms. The highest BCUT2D eigenvalue weighted by Crippen LogP contribution is 2.32. The first-order valence-corrected chi connectivity index (χ1v) is 10.9. The van der Waals surface area contributed by atoms with Gasteiger partial charge >= 0.3 is 0 Å². The number of hydrogen-bond acceptors (Lipinski definition) is 1. The first-order chi connectivity index (χ1) is 15.7. The molecule has 6 rings (SSSR count). The first-order valence-electron chi connectivity index (χ1n) is 10.9. The summed E-state index contributed by atoms with van der Waals surface area (Å²) in [4.78, 5) is 0. The summed E-state index contributed by atoms with van der Waals surface area (Å²) in [6.45, 7) is 2.11. The quantitative estimate of drug-likeness (QED) is 0.291. The molecular weight excluding hydrogens is 388 g/mol. The second-order valence-electron chi connectivity index (χ2n) is 8.29. The van der Waals surface area contributed by atoms with Gasteiger partial charge in [-0.25, -0.2) is 4.68 Å². The van der Waals surface area contributed by atoms with E-state index in [4.69, 9.17) is 5.10 Å². The molecule has 5 aromatic carbocycles. The summed E-state index contributed by atoms with van der Waals surface area (Å²) in [6, 6.07) is 40.9. The van der Waals surface area contributed by atoms with Crippen LogP contribution in [0.5, 0.6) is 0 Å². The molecule has 0 spiro atoms. The van der Waals surface area contributed by atoms with Crippen LogP contribution < -0.4 is 0 Å². The van der Waals surface area contributed by atoms with Crippen LogP contribution in [-0.4, -0.2) is 9.78 Å². The third kappa shape index (κ3) is 3.27. The molecule has 1 heterocycles. The fourth-order valence-corrected chi connectivity index (χ4v) is 4.31. The third-order valence-electron chi connectivity index (χ3n) is 6.08. The Balaban J connectivity index is 1.55. The van der Waals surface area contributed by atoms with Gasteiger partial charge in [-0.1, -0.05) is 90.5 Å². The smallest absolute Gasteiger partial charge is 0.0934 e. The molecular formula is C30H22N2. The Bertz CT molecular complexity index is 1570. The van der Waals surface area contributed by atoms with E-state index in [1.54, 1.807) is 0 Å². The summed E-state index contributed by atoms with van der Waals surface area (Å²) in [5, 5.41) is 10.00. The monoisotopic (exact) mass is 410 g/mol. The summed E-state index contributed by atoms with van der Waals surface area (Å²) >= 11 is 0.